The molecule has 0 radical (unpaired) electrons. The molecule has 3 aromatic rings. The number of carbonyl (C=O) groups is 1. The van der Waals surface area contributed by atoms with E-state index in [4.69, 9.17) is 27.9 Å². The predicted octanol–water partition coefficient (Wildman–Crippen LogP) is 6.08. The first-order valence-corrected chi connectivity index (χ1v) is 11.3. The van der Waals surface area contributed by atoms with Crippen LogP contribution in [0.25, 0.3) is 11.0 Å². The molecule has 1 fully saturated rings. The predicted molar refractivity (Wildman–Crippen MR) is 126 cm³/mol. The largest absolute Gasteiger partial charge is 0.496 e. The third-order valence-corrected chi connectivity index (χ3v) is 6.69. The van der Waals surface area contributed by atoms with E-state index in [1.54, 1.807) is 23.7 Å². The van der Waals surface area contributed by atoms with Gasteiger partial charge in [0.1, 0.15) is 5.75 Å². The lowest BCUT2D eigenvalue weighted by molar-refractivity contribution is 0.0920. The molecule has 1 aromatic heterocycles. The summed E-state index contributed by atoms with van der Waals surface area (Å²) in [6, 6.07) is 6.50. The Morgan fingerprint density at radius 2 is 1.88 bits per heavy atom. The first kappa shape index (κ1) is 22.7. The minimum absolute atomic E-state index is 0.0361. The molecule has 9 heteroatoms. The number of imidazole rings is 1. The second-order valence-corrected chi connectivity index (χ2v) is 9.12. The summed E-state index contributed by atoms with van der Waals surface area (Å²) in [5.74, 6) is 0.647. The molecule has 0 spiro atoms. The van der Waals surface area contributed by atoms with Gasteiger partial charge in [-0.1, -0.05) is 30.1 Å². The quantitative estimate of drug-likeness (QED) is 0.436. The molecule has 0 bridgehead atoms. The van der Waals surface area contributed by atoms with Gasteiger partial charge in [-0.25, -0.2) is 9.37 Å². The van der Waals surface area contributed by atoms with Crippen LogP contribution in [0, 0.1) is 11.7 Å². The van der Waals surface area contributed by atoms with E-state index in [2.05, 4.69) is 22.5 Å². The number of methoxy groups -OCH3 is 1. The minimum atomic E-state index is -0.661. The third kappa shape index (κ3) is 4.36. The number of aryl methyl sites for hydroxylation is 1. The number of fused-ring (bicyclic) bond motifs is 1. The van der Waals surface area contributed by atoms with Crippen molar-refractivity contribution in [3.05, 3.63) is 45.7 Å². The number of carbonyl (C=O) groups excluding carboxylic acids is 1. The zero-order chi connectivity index (χ0) is 23.0. The first-order valence-electron chi connectivity index (χ1n) is 10.5. The lowest BCUT2D eigenvalue weighted by Gasteiger charge is -2.27. The van der Waals surface area contributed by atoms with Crippen LogP contribution in [0.2, 0.25) is 10.0 Å². The number of ether oxygens (including phenoxy) is 1. The monoisotopic (exact) mass is 478 g/mol. The van der Waals surface area contributed by atoms with Gasteiger partial charge >= 0.3 is 0 Å². The first-order chi connectivity index (χ1) is 15.3. The van der Waals surface area contributed by atoms with Gasteiger partial charge in [-0.2, -0.15) is 0 Å². The Bertz CT molecular complexity index is 1170. The van der Waals surface area contributed by atoms with Crippen LogP contribution in [-0.2, 0) is 7.05 Å². The molecule has 1 aliphatic rings. The highest BCUT2D eigenvalue weighted by Gasteiger charge is 2.23. The molecule has 0 atom stereocenters. The van der Waals surface area contributed by atoms with E-state index < -0.39 is 5.82 Å². The van der Waals surface area contributed by atoms with Crippen molar-refractivity contribution < 1.29 is 13.9 Å². The second-order valence-electron chi connectivity index (χ2n) is 8.31. The summed E-state index contributed by atoms with van der Waals surface area (Å²) in [7, 11) is 3.30. The van der Waals surface area contributed by atoms with Gasteiger partial charge in [0.05, 0.1) is 39.4 Å². The van der Waals surface area contributed by atoms with Crippen molar-refractivity contribution in [1.82, 2.24) is 14.9 Å². The standard InChI is InChI=1S/C23H25Cl2FN4O2/c1-12-4-6-13(7-5-12)27-22(31)14-10-17-18(11-19(14)32-3)30(2)23(28-17)29-21-16(25)9-8-15(24)20(21)26/h8-13H,4-7H2,1-3H3,(H,27,31)(H,28,29)/t12-,13-. The molecule has 1 heterocycles. The van der Waals surface area contributed by atoms with Crippen LogP contribution < -0.4 is 15.4 Å². The van der Waals surface area contributed by atoms with Gasteiger partial charge in [0.15, 0.2) is 5.82 Å². The number of aromatic nitrogens is 2. The Morgan fingerprint density at radius 1 is 1.19 bits per heavy atom. The fourth-order valence-electron chi connectivity index (χ4n) is 4.10. The molecule has 1 aliphatic carbocycles. The molecule has 0 aliphatic heterocycles. The number of hydrogen-bond acceptors (Lipinski definition) is 4. The smallest absolute Gasteiger partial charge is 0.255 e. The van der Waals surface area contributed by atoms with Gasteiger partial charge in [0.2, 0.25) is 5.95 Å². The van der Waals surface area contributed by atoms with E-state index in [-0.39, 0.29) is 27.7 Å². The molecule has 2 N–H and O–H groups in total. The van der Waals surface area contributed by atoms with E-state index >= 15 is 0 Å². The Hall–Kier alpha value is -2.51. The molecule has 2 aromatic carbocycles. The summed E-state index contributed by atoms with van der Waals surface area (Å²) in [6.07, 6.45) is 4.17. The number of halogens is 3. The Balaban J connectivity index is 1.66. The second kappa shape index (κ2) is 9.16. The molecule has 170 valence electrons. The van der Waals surface area contributed by atoms with Crippen molar-refractivity contribution in [2.75, 3.05) is 12.4 Å². The minimum Gasteiger partial charge on any atom is -0.496 e. The lowest BCUT2D eigenvalue weighted by atomic mass is 9.87. The van der Waals surface area contributed by atoms with Crippen LogP contribution in [0.5, 0.6) is 5.75 Å². The van der Waals surface area contributed by atoms with Crippen molar-refractivity contribution in [3.8, 4) is 5.75 Å². The number of hydrogen-bond donors (Lipinski definition) is 2. The number of benzene rings is 2. The maximum Gasteiger partial charge on any atom is 0.255 e. The Morgan fingerprint density at radius 3 is 2.56 bits per heavy atom. The van der Waals surface area contributed by atoms with Gasteiger partial charge in [-0.05, 0) is 49.8 Å². The van der Waals surface area contributed by atoms with Crippen LogP contribution in [0.4, 0.5) is 16.0 Å². The summed E-state index contributed by atoms with van der Waals surface area (Å²) < 4.78 is 21.7. The van der Waals surface area contributed by atoms with E-state index in [0.717, 1.165) is 25.7 Å². The van der Waals surface area contributed by atoms with Crippen molar-refractivity contribution in [2.45, 2.75) is 38.6 Å². The molecule has 6 nitrogen and oxygen atoms in total. The van der Waals surface area contributed by atoms with Crippen molar-refractivity contribution in [1.29, 1.82) is 0 Å². The van der Waals surface area contributed by atoms with Gasteiger partial charge in [0.25, 0.3) is 5.91 Å². The van der Waals surface area contributed by atoms with Gasteiger partial charge in [-0.15, -0.1) is 0 Å². The van der Waals surface area contributed by atoms with E-state index in [1.807, 2.05) is 0 Å². The molecular weight excluding hydrogens is 454 g/mol. The normalized spacial score (nSPS) is 18.6. The van der Waals surface area contributed by atoms with Crippen LogP contribution in [0.3, 0.4) is 0 Å². The summed E-state index contributed by atoms with van der Waals surface area (Å²) in [5.41, 5.74) is 1.73. The SMILES string of the molecule is COc1cc2c(cc1C(=O)N[C@H]1CC[C@H](C)CC1)nc(Nc1c(Cl)ccc(Cl)c1F)n2C. The van der Waals surface area contributed by atoms with Crippen LogP contribution in [0.1, 0.15) is 43.0 Å². The Kier molecular flexibility index (Phi) is 6.49. The number of nitrogens with zero attached hydrogens (tertiary/aromatic N) is 2. The lowest BCUT2D eigenvalue weighted by Crippen LogP contribution is -2.37. The molecule has 32 heavy (non-hydrogen) atoms. The highest BCUT2D eigenvalue weighted by atomic mass is 35.5. The van der Waals surface area contributed by atoms with Crippen molar-refractivity contribution >= 4 is 51.8 Å². The number of rotatable bonds is 5. The summed E-state index contributed by atoms with van der Waals surface area (Å²) in [4.78, 5) is 17.5. The molecule has 0 saturated heterocycles. The van der Waals surface area contributed by atoms with Gasteiger partial charge < -0.3 is 19.9 Å². The fourth-order valence-corrected chi connectivity index (χ4v) is 4.45. The third-order valence-electron chi connectivity index (χ3n) is 6.08. The molecule has 1 saturated carbocycles. The Labute approximate surface area is 196 Å². The topological polar surface area (TPSA) is 68.2 Å². The van der Waals surface area contributed by atoms with Crippen LogP contribution in [-0.4, -0.2) is 28.6 Å². The number of nitrogens with one attached hydrogen (secondary N) is 2. The molecular formula is C23H25Cl2FN4O2. The number of anilines is 2. The maximum absolute atomic E-state index is 14.5. The zero-order valence-corrected chi connectivity index (χ0v) is 19.6. The van der Waals surface area contributed by atoms with Crippen LogP contribution in [0.15, 0.2) is 24.3 Å². The summed E-state index contributed by atoms with van der Waals surface area (Å²) >= 11 is 12.0. The average Bonchev–Trinajstić information content (AvgIpc) is 3.09. The van der Waals surface area contributed by atoms with Gasteiger partial charge in [-0.3, -0.25) is 4.79 Å². The van der Waals surface area contributed by atoms with E-state index in [9.17, 15) is 9.18 Å². The fraction of sp³-hybridized carbons (Fsp3) is 0.391. The van der Waals surface area contributed by atoms with E-state index in [1.165, 1.54) is 19.2 Å². The summed E-state index contributed by atoms with van der Waals surface area (Å²) in [6.45, 7) is 2.24. The van der Waals surface area contributed by atoms with Crippen LogP contribution >= 0.6 is 23.2 Å². The summed E-state index contributed by atoms with van der Waals surface area (Å²) in [5, 5.41) is 6.17. The molecule has 0 unspecified atom stereocenters. The van der Waals surface area contributed by atoms with Crippen molar-refractivity contribution in [3.63, 3.8) is 0 Å². The average molecular weight is 479 g/mol. The maximum atomic E-state index is 14.5. The van der Waals surface area contributed by atoms with E-state index in [0.29, 0.717) is 34.2 Å². The highest BCUT2D eigenvalue weighted by molar-refractivity contribution is 6.35. The zero-order valence-electron chi connectivity index (χ0n) is 18.1. The van der Waals surface area contributed by atoms with Gasteiger partial charge in [0, 0.05) is 19.2 Å². The molecule has 4 rings (SSSR count). The number of amides is 1. The highest BCUT2D eigenvalue weighted by Crippen LogP contribution is 2.34. The van der Waals surface area contributed by atoms with Crippen molar-refractivity contribution in [2.24, 2.45) is 13.0 Å². The molecule has 1 amide bonds.